The van der Waals surface area contributed by atoms with E-state index in [4.69, 9.17) is 9.94 Å². The van der Waals surface area contributed by atoms with Gasteiger partial charge in [-0.25, -0.2) is 0 Å². The van der Waals surface area contributed by atoms with Crippen molar-refractivity contribution in [3.05, 3.63) is 4.88 Å². The molecule has 0 saturated carbocycles. The van der Waals surface area contributed by atoms with Gasteiger partial charge in [-0.3, -0.25) is 0 Å². The van der Waals surface area contributed by atoms with Crippen LogP contribution in [0.4, 0.5) is 5.13 Å². The quantitative estimate of drug-likeness (QED) is 0.451. The van der Waals surface area contributed by atoms with E-state index in [0.29, 0.717) is 10.8 Å². The summed E-state index contributed by atoms with van der Waals surface area (Å²) >= 11 is 1.40. The highest BCUT2D eigenvalue weighted by atomic mass is 32.1. The molecule has 1 N–H and O–H groups in total. The lowest BCUT2D eigenvalue weighted by Gasteiger charge is -2.04. The van der Waals surface area contributed by atoms with Crippen molar-refractivity contribution in [2.75, 3.05) is 26.1 Å². The smallest absolute Gasteiger partial charge is 0.235 e. The van der Waals surface area contributed by atoms with Crippen LogP contribution in [0.15, 0.2) is 5.16 Å². The molecule has 1 heterocycles. The molecule has 0 spiro atoms. The first-order chi connectivity index (χ1) is 6.19. The van der Waals surface area contributed by atoms with Crippen LogP contribution in [0.1, 0.15) is 4.88 Å². The Balaban J connectivity index is 3.04. The molecule has 0 aliphatic heterocycles. The highest BCUT2D eigenvalue weighted by molar-refractivity contribution is 7.17. The molecule has 0 aliphatic carbocycles. The molecule has 0 amide bonds. The predicted octanol–water partition coefficient (Wildman–Crippen LogP) is 1.03. The Morgan fingerprint density at radius 3 is 2.77 bits per heavy atom. The lowest BCUT2D eigenvalue weighted by atomic mass is 10.6. The first kappa shape index (κ1) is 9.79. The zero-order valence-electron chi connectivity index (χ0n) is 7.68. The molecule has 0 fully saturated rings. The summed E-state index contributed by atoms with van der Waals surface area (Å²) in [6.07, 6.45) is 1.31. The summed E-state index contributed by atoms with van der Waals surface area (Å²) in [7, 11) is 5.31. The molecule has 1 rings (SSSR count). The number of thiazole rings is 1. The van der Waals surface area contributed by atoms with Crippen molar-refractivity contribution in [2.24, 2.45) is 5.16 Å². The molecule has 5 nitrogen and oxygen atoms in total. The van der Waals surface area contributed by atoms with Crippen LogP contribution in [0.5, 0.6) is 5.88 Å². The lowest BCUT2D eigenvalue weighted by Crippen LogP contribution is -2.07. The van der Waals surface area contributed by atoms with Gasteiger partial charge >= 0.3 is 0 Å². The molecule has 0 saturated heterocycles. The molecule has 0 unspecified atom stereocenters. The van der Waals surface area contributed by atoms with Crippen molar-refractivity contribution in [1.29, 1.82) is 0 Å². The van der Waals surface area contributed by atoms with E-state index in [-0.39, 0.29) is 0 Å². The summed E-state index contributed by atoms with van der Waals surface area (Å²) in [6, 6.07) is 0. The molecule has 72 valence electrons. The predicted molar refractivity (Wildman–Crippen MR) is 52.4 cm³/mol. The minimum Gasteiger partial charge on any atom is -0.480 e. The SMILES string of the molecule is COc1nc(N(C)C)sc1/C=N/O. The first-order valence-electron chi connectivity index (χ1n) is 3.58. The fourth-order valence-electron chi connectivity index (χ4n) is 0.778. The largest absolute Gasteiger partial charge is 0.480 e. The van der Waals surface area contributed by atoms with Gasteiger partial charge in [0.2, 0.25) is 5.88 Å². The van der Waals surface area contributed by atoms with E-state index in [2.05, 4.69) is 10.1 Å². The number of ether oxygens (including phenoxy) is 1. The Hall–Kier alpha value is -1.30. The van der Waals surface area contributed by atoms with Crippen LogP contribution in [-0.2, 0) is 0 Å². The van der Waals surface area contributed by atoms with Gasteiger partial charge in [0, 0.05) is 14.1 Å². The molecular formula is C7H11N3O2S. The van der Waals surface area contributed by atoms with Crippen molar-refractivity contribution >= 4 is 22.7 Å². The average Bonchev–Trinajstić information content (AvgIpc) is 2.48. The van der Waals surface area contributed by atoms with Crippen LogP contribution in [-0.4, -0.2) is 37.6 Å². The molecule has 13 heavy (non-hydrogen) atoms. The van der Waals surface area contributed by atoms with Crippen molar-refractivity contribution < 1.29 is 9.94 Å². The Labute approximate surface area is 80.3 Å². The van der Waals surface area contributed by atoms with Crippen LogP contribution in [0.25, 0.3) is 0 Å². The summed E-state index contributed by atoms with van der Waals surface area (Å²) in [5, 5.41) is 12.1. The average molecular weight is 201 g/mol. The molecule has 1 aromatic heterocycles. The molecule has 1 aromatic rings. The number of hydrogen-bond acceptors (Lipinski definition) is 6. The number of rotatable bonds is 3. The van der Waals surface area contributed by atoms with E-state index in [0.717, 1.165) is 5.13 Å². The van der Waals surface area contributed by atoms with Gasteiger partial charge in [0.15, 0.2) is 5.13 Å². The van der Waals surface area contributed by atoms with Crippen molar-refractivity contribution in [1.82, 2.24) is 4.98 Å². The topological polar surface area (TPSA) is 58.0 Å². The van der Waals surface area contributed by atoms with Crippen LogP contribution in [0.3, 0.4) is 0 Å². The number of nitrogens with zero attached hydrogens (tertiary/aromatic N) is 3. The highest BCUT2D eigenvalue weighted by Crippen LogP contribution is 2.28. The third-order valence-electron chi connectivity index (χ3n) is 1.36. The van der Waals surface area contributed by atoms with Gasteiger partial charge in [-0.15, -0.1) is 0 Å². The Morgan fingerprint density at radius 2 is 2.31 bits per heavy atom. The van der Waals surface area contributed by atoms with Gasteiger partial charge in [0.05, 0.1) is 13.3 Å². The number of hydrogen-bond donors (Lipinski definition) is 1. The molecule has 0 radical (unpaired) electrons. The zero-order valence-corrected chi connectivity index (χ0v) is 8.50. The number of methoxy groups -OCH3 is 1. The molecule has 6 heteroatoms. The van der Waals surface area contributed by atoms with Gasteiger partial charge < -0.3 is 14.8 Å². The minimum atomic E-state index is 0.478. The second-order valence-electron chi connectivity index (χ2n) is 2.51. The normalized spacial score (nSPS) is 10.7. The molecule has 0 aliphatic rings. The second-order valence-corrected chi connectivity index (χ2v) is 3.52. The summed E-state index contributed by atoms with van der Waals surface area (Å²) in [6.45, 7) is 0. The van der Waals surface area contributed by atoms with Gasteiger partial charge in [0.25, 0.3) is 0 Å². The van der Waals surface area contributed by atoms with Crippen molar-refractivity contribution in [2.45, 2.75) is 0 Å². The second kappa shape index (κ2) is 4.08. The Bertz CT molecular complexity index is 309. The monoisotopic (exact) mass is 201 g/mol. The summed E-state index contributed by atoms with van der Waals surface area (Å²) in [4.78, 5) is 6.73. The van der Waals surface area contributed by atoms with Gasteiger partial charge in [-0.2, -0.15) is 4.98 Å². The number of aromatic nitrogens is 1. The summed E-state index contributed by atoms with van der Waals surface area (Å²) in [5.41, 5.74) is 0. The van der Waals surface area contributed by atoms with E-state index in [1.807, 2.05) is 19.0 Å². The van der Waals surface area contributed by atoms with Crippen molar-refractivity contribution in [3.8, 4) is 5.88 Å². The fourth-order valence-corrected chi connectivity index (χ4v) is 1.60. The molecule has 0 atom stereocenters. The highest BCUT2D eigenvalue weighted by Gasteiger charge is 2.10. The summed E-state index contributed by atoms with van der Waals surface area (Å²) in [5.74, 6) is 0.478. The maximum absolute atomic E-state index is 8.37. The standard InChI is InChI=1S/C7H11N3O2S/c1-10(2)7-9-6(12-3)5(13-7)4-8-11/h4,11H,1-3H3/b8-4+. The number of anilines is 1. The lowest BCUT2D eigenvalue weighted by molar-refractivity contribution is 0.321. The maximum Gasteiger partial charge on any atom is 0.235 e. The first-order valence-corrected chi connectivity index (χ1v) is 4.40. The van der Waals surface area contributed by atoms with E-state index in [9.17, 15) is 0 Å². The maximum atomic E-state index is 8.37. The molecule has 0 bridgehead atoms. The van der Waals surface area contributed by atoms with E-state index < -0.39 is 0 Å². The van der Waals surface area contributed by atoms with Crippen LogP contribution >= 0.6 is 11.3 Å². The van der Waals surface area contributed by atoms with Crippen LogP contribution < -0.4 is 9.64 Å². The van der Waals surface area contributed by atoms with Crippen LogP contribution in [0, 0.1) is 0 Å². The van der Waals surface area contributed by atoms with E-state index >= 15 is 0 Å². The van der Waals surface area contributed by atoms with Gasteiger partial charge in [0.1, 0.15) is 4.88 Å². The number of oxime groups is 1. The van der Waals surface area contributed by atoms with Crippen molar-refractivity contribution in [3.63, 3.8) is 0 Å². The van der Waals surface area contributed by atoms with Gasteiger partial charge in [-0.1, -0.05) is 16.5 Å². The summed E-state index contributed by atoms with van der Waals surface area (Å²) < 4.78 is 5.00. The third-order valence-corrected chi connectivity index (χ3v) is 2.50. The van der Waals surface area contributed by atoms with E-state index in [1.54, 1.807) is 0 Å². The Kier molecular flexibility index (Phi) is 3.07. The molecular weight excluding hydrogens is 190 g/mol. The Morgan fingerprint density at radius 1 is 1.62 bits per heavy atom. The minimum absolute atomic E-state index is 0.478. The van der Waals surface area contributed by atoms with E-state index in [1.165, 1.54) is 24.7 Å². The molecule has 0 aromatic carbocycles. The van der Waals surface area contributed by atoms with Crippen LogP contribution in [0.2, 0.25) is 0 Å². The van der Waals surface area contributed by atoms with Gasteiger partial charge in [-0.05, 0) is 0 Å². The zero-order chi connectivity index (χ0) is 9.84. The fraction of sp³-hybridized carbons (Fsp3) is 0.429. The third kappa shape index (κ3) is 2.09.